The van der Waals surface area contributed by atoms with Gasteiger partial charge in [0.1, 0.15) is 9.84 Å². The van der Waals surface area contributed by atoms with E-state index in [1.807, 2.05) is 24.3 Å². The summed E-state index contributed by atoms with van der Waals surface area (Å²) in [6.07, 6.45) is 2.33. The van der Waals surface area contributed by atoms with Gasteiger partial charge >= 0.3 is 0 Å². The maximum Gasteiger partial charge on any atom is 0.166 e. The van der Waals surface area contributed by atoms with Gasteiger partial charge in [0, 0.05) is 17.7 Å². The van der Waals surface area contributed by atoms with Crippen molar-refractivity contribution in [2.45, 2.75) is 12.8 Å². The van der Waals surface area contributed by atoms with E-state index in [9.17, 15) is 13.2 Å². The quantitative estimate of drug-likeness (QED) is 0.801. The molecule has 1 aliphatic carbocycles. The Bertz CT molecular complexity index is 517. The summed E-state index contributed by atoms with van der Waals surface area (Å²) in [6.45, 7) is 0. The van der Waals surface area contributed by atoms with Crippen LogP contribution in [0.4, 0.5) is 0 Å². The van der Waals surface area contributed by atoms with E-state index in [-0.39, 0.29) is 17.5 Å². The number of carbonyl (C=O) groups excluding carboxylic acids is 1. The van der Waals surface area contributed by atoms with Gasteiger partial charge in [0.15, 0.2) is 5.78 Å². The van der Waals surface area contributed by atoms with Crippen LogP contribution in [0.5, 0.6) is 0 Å². The SMILES string of the molecule is CS(=O)(=O)CCC1Cc2ccccc2C1=O. The van der Waals surface area contributed by atoms with Crippen molar-refractivity contribution >= 4 is 15.6 Å². The average molecular weight is 238 g/mol. The topological polar surface area (TPSA) is 51.2 Å². The average Bonchev–Trinajstić information content (AvgIpc) is 2.53. The van der Waals surface area contributed by atoms with E-state index in [4.69, 9.17) is 0 Å². The summed E-state index contributed by atoms with van der Waals surface area (Å²) >= 11 is 0. The third-order valence-corrected chi connectivity index (χ3v) is 3.93. The van der Waals surface area contributed by atoms with E-state index in [0.29, 0.717) is 12.8 Å². The van der Waals surface area contributed by atoms with Crippen LogP contribution >= 0.6 is 0 Å². The molecule has 0 amide bonds. The Hall–Kier alpha value is -1.16. The molecule has 2 rings (SSSR count). The zero-order chi connectivity index (χ0) is 11.8. The summed E-state index contributed by atoms with van der Waals surface area (Å²) in [6, 6.07) is 7.51. The van der Waals surface area contributed by atoms with Crippen molar-refractivity contribution < 1.29 is 13.2 Å². The van der Waals surface area contributed by atoms with Crippen LogP contribution in [-0.2, 0) is 16.3 Å². The molecule has 0 aromatic heterocycles. The zero-order valence-corrected chi connectivity index (χ0v) is 9.96. The van der Waals surface area contributed by atoms with Gasteiger partial charge in [-0.1, -0.05) is 24.3 Å². The Morgan fingerprint density at radius 2 is 2.00 bits per heavy atom. The van der Waals surface area contributed by atoms with Crippen LogP contribution in [0, 0.1) is 5.92 Å². The predicted octanol–water partition coefficient (Wildman–Crippen LogP) is 1.48. The largest absolute Gasteiger partial charge is 0.294 e. The second-order valence-corrected chi connectivity index (χ2v) is 6.60. The Morgan fingerprint density at radius 3 is 2.62 bits per heavy atom. The number of Topliss-reactive ketones (excluding diaryl/α,β-unsaturated/α-hetero) is 1. The molecular weight excluding hydrogens is 224 g/mol. The fourth-order valence-corrected chi connectivity index (χ4v) is 2.82. The van der Waals surface area contributed by atoms with Gasteiger partial charge in [0.05, 0.1) is 5.75 Å². The number of ketones is 1. The van der Waals surface area contributed by atoms with Crippen LogP contribution in [0.25, 0.3) is 0 Å². The third kappa shape index (κ3) is 2.32. The molecule has 0 bridgehead atoms. The minimum Gasteiger partial charge on any atom is -0.294 e. The van der Waals surface area contributed by atoms with E-state index in [1.165, 1.54) is 6.26 Å². The van der Waals surface area contributed by atoms with Crippen molar-refractivity contribution in [3.63, 3.8) is 0 Å². The minimum atomic E-state index is -2.97. The van der Waals surface area contributed by atoms with Crippen molar-refractivity contribution in [1.82, 2.24) is 0 Å². The number of fused-ring (bicyclic) bond motifs is 1. The third-order valence-electron chi connectivity index (χ3n) is 2.96. The van der Waals surface area contributed by atoms with Crippen molar-refractivity contribution in [3.8, 4) is 0 Å². The predicted molar refractivity (Wildman–Crippen MR) is 62.3 cm³/mol. The molecule has 1 aliphatic rings. The molecular formula is C12H14O3S. The van der Waals surface area contributed by atoms with Gasteiger partial charge in [-0.2, -0.15) is 0 Å². The van der Waals surface area contributed by atoms with Crippen LogP contribution in [0.2, 0.25) is 0 Å². The van der Waals surface area contributed by atoms with Gasteiger partial charge in [0.2, 0.25) is 0 Å². The van der Waals surface area contributed by atoms with Gasteiger partial charge in [-0.3, -0.25) is 4.79 Å². The molecule has 0 saturated heterocycles. The Labute approximate surface area is 95.4 Å². The smallest absolute Gasteiger partial charge is 0.166 e. The highest BCUT2D eigenvalue weighted by atomic mass is 32.2. The first-order valence-electron chi connectivity index (χ1n) is 5.27. The second kappa shape index (κ2) is 4.01. The lowest BCUT2D eigenvalue weighted by atomic mass is 10.0. The molecule has 1 atom stereocenters. The second-order valence-electron chi connectivity index (χ2n) is 4.34. The number of sulfone groups is 1. The maximum absolute atomic E-state index is 11.9. The molecule has 1 unspecified atom stereocenters. The lowest BCUT2D eigenvalue weighted by Gasteiger charge is -2.05. The first kappa shape index (κ1) is 11.3. The molecule has 3 nitrogen and oxygen atoms in total. The van der Waals surface area contributed by atoms with Crippen LogP contribution < -0.4 is 0 Å². The van der Waals surface area contributed by atoms with Crippen molar-refractivity contribution in [3.05, 3.63) is 35.4 Å². The Morgan fingerprint density at radius 1 is 1.31 bits per heavy atom. The lowest BCUT2D eigenvalue weighted by molar-refractivity contribution is 0.0934. The van der Waals surface area contributed by atoms with Crippen molar-refractivity contribution in [2.24, 2.45) is 5.92 Å². The standard InChI is InChI=1S/C12H14O3S/c1-16(14,15)7-6-10-8-9-4-2-3-5-11(9)12(10)13/h2-5,10H,6-8H2,1H3. The molecule has 0 aliphatic heterocycles. The fraction of sp³-hybridized carbons (Fsp3) is 0.417. The summed E-state index contributed by atoms with van der Waals surface area (Å²) in [5.41, 5.74) is 1.81. The Balaban J connectivity index is 2.11. The van der Waals surface area contributed by atoms with Gasteiger partial charge in [-0.05, 0) is 18.4 Å². The van der Waals surface area contributed by atoms with Gasteiger partial charge in [-0.25, -0.2) is 8.42 Å². The molecule has 1 aromatic rings. The molecule has 0 fully saturated rings. The van der Waals surface area contributed by atoms with Crippen LogP contribution in [0.15, 0.2) is 24.3 Å². The molecule has 0 N–H and O–H groups in total. The van der Waals surface area contributed by atoms with Crippen molar-refractivity contribution in [1.29, 1.82) is 0 Å². The van der Waals surface area contributed by atoms with Gasteiger partial charge in [-0.15, -0.1) is 0 Å². The highest BCUT2D eigenvalue weighted by Crippen LogP contribution is 2.28. The summed E-state index contributed by atoms with van der Waals surface area (Å²) in [5.74, 6) is 0.0450. The number of benzene rings is 1. The highest BCUT2D eigenvalue weighted by Gasteiger charge is 2.30. The molecule has 1 aromatic carbocycles. The van der Waals surface area contributed by atoms with Crippen LogP contribution in [-0.4, -0.2) is 26.2 Å². The lowest BCUT2D eigenvalue weighted by Crippen LogP contribution is -2.14. The van der Waals surface area contributed by atoms with Crippen molar-refractivity contribution in [2.75, 3.05) is 12.0 Å². The van der Waals surface area contributed by atoms with Gasteiger partial charge in [0.25, 0.3) is 0 Å². The number of carbonyl (C=O) groups is 1. The summed E-state index contributed by atoms with van der Waals surface area (Å²) in [5, 5.41) is 0. The molecule has 0 saturated carbocycles. The summed E-state index contributed by atoms with van der Waals surface area (Å²) in [4.78, 5) is 11.9. The zero-order valence-electron chi connectivity index (χ0n) is 9.14. The first-order chi connectivity index (χ1) is 7.47. The van der Waals surface area contributed by atoms with Gasteiger partial charge < -0.3 is 0 Å². The number of rotatable bonds is 3. The molecule has 4 heteroatoms. The molecule has 86 valence electrons. The fourth-order valence-electron chi connectivity index (χ4n) is 2.11. The number of hydrogen-bond acceptors (Lipinski definition) is 3. The molecule has 0 spiro atoms. The first-order valence-corrected chi connectivity index (χ1v) is 7.33. The van der Waals surface area contributed by atoms with E-state index >= 15 is 0 Å². The Kier molecular flexibility index (Phi) is 2.84. The van der Waals surface area contributed by atoms with E-state index in [0.717, 1.165) is 11.1 Å². The molecule has 16 heavy (non-hydrogen) atoms. The number of hydrogen-bond donors (Lipinski definition) is 0. The van der Waals surface area contributed by atoms with E-state index < -0.39 is 9.84 Å². The molecule has 0 radical (unpaired) electrons. The van der Waals surface area contributed by atoms with Crippen LogP contribution in [0.1, 0.15) is 22.3 Å². The highest BCUT2D eigenvalue weighted by molar-refractivity contribution is 7.90. The summed E-state index contributed by atoms with van der Waals surface area (Å²) < 4.78 is 22.1. The normalized spacial score (nSPS) is 19.8. The van der Waals surface area contributed by atoms with E-state index in [2.05, 4.69) is 0 Å². The van der Waals surface area contributed by atoms with E-state index in [1.54, 1.807) is 0 Å². The van der Waals surface area contributed by atoms with Crippen LogP contribution in [0.3, 0.4) is 0 Å². The maximum atomic E-state index is 11.9. The minimum absolute atomic E-state index is 0.0946. The summed E-state index contributed by atoms with van der Waals surface area (Å²) in [7, 11) is -2.97. The monoisotopic (exact) mass is 238 g/mol. The molecule has 0 heterocycles.